The topological polar surface area (TPSA) is 102 Å². The summed E-state index contributed by atoms with van der Waals surface area (Å²) in [5.74, 6) is -1.64. The van der Waals surface area contributed by atoms with Gasteiger partial charge in [0.15, 0.2) is 0 Å². The lowest BCUT2D eigenvalue weighted by Crippen LogP contribution is -2.41. The maximum atomic E-state index is 13.6. The van der Waals surface area contributed by atoms with Gasteiger partial charge in [-0.2, -0.15) is 4.31 Å². The first kappa shape index (κ1) is 23.7. The van der Waals surface area contributed by atoms with E-state index in [4.69, 9.17) is 9.47 Å². The molecule has 1 fully saturated rings. The molecule has 0 radical (unpaired) electrons. The van der Waals surface area contributed by atoms with Crippen LogP contribution in [-0.4, -0.2) is 51.4 Å². The number of carbonyl (C=O) groups is 2. The van der Waals surface area contributed by atoms with Crippen molar-refractivity contribution in [2.24, 2.45) is 5.92 Å². The van der Waals surface area contributed by atoms with Crippen LogP contribution in [0.3, 0.4) is 0 Å². The van der Waals surface area contributed by atoms with Gasteiger partial charge in [-0.3, -0.25) is 4.79 Å². The molecule has 0 aromatic heterocycles. The molecule has 2 aromatic rings. The number of ether oxygens (including phenoxy) is 2. The summed E-state index contributed by atoms with van der Waals surface area (Å²) in [6.07, 6.45) is 0.646. The number of anilines is 1. The number of sulfonamides is 1. The van der Waals surface area contributed by atoms with Gasteiger partial charge in [0, 0.05) is 24.7 Å². The highest BCUT2D eigenvalue weighted by atomic mass is 32.2. The van der Waals surface area contributed by atoms with Crippen molar-refractivity contribution >= 4 is 27.6 Å². The minimum atomic E-state index is -3.96. The highest BCUT2D eigenvalue weighted by Crippen LogP contribution is 2.30. The Bertz CT molecular complexity index is 1080. The van der Waals surface area contributed by atoms with E-state index in [0.29, 0.717) is 24.1 Å². The molecular formula is C22H25FN2O6S. The third-order valence-electron chi connectivity index (χ3n) is 5.23. The molecule has 0 bridgehead atoms. The fourth-order valence-corrected chi connectivity index (χ4v) is 5.13. The number of carbonyl (C=O) groups excluding carboxylic acids is 2. The van der Waals surface area contributed by atoms with Crippen molar-refractivity contribution in [2.75, 3.05) is 32.1 Å². The fraction of sp³-hybridized carbons (Fsp3) is 0.364. The minimum Gasteiger partial charge on any atom is -0.495 e. The van der Waals surface area contributed by atoms with Gasteiger partial charge in [0.05, 0.1) is 19.3 Å². The maximum absolute atomic E-state index is 13.6. The van der Waals surface area contributed by atoms with Crippen LogP contribution in [0.25, 0.3) is 0 Å². The Labute approximate surface area is 186 Å². The summed E-state index contributed by atoms with van der Waals surface area (Å²) in [6, 6.07) is 9.69. The number of piperidine rings is 1. The highest BCUT2D eigenvalue weighted by molar-refractivity contribution is 7.89. The van der Waals surface area contributed by atoms with E-state index >= 15 is 0 Å². The van der Waals surface area contributed by atoms with E-state index in [-0.39, 0.29) is 42.2 Å². The van der Waals surface area contributed by atoms with Crippen molar-refractivity contribution in [3.05, 3.63) is 53.8 Å². The fourth-order valence-electron chi connectivity index (χ4n) is 3.50. The number of esters is 1. The van der Waals surface area contributed by atoms with Gasteiger partial charge < -0.3 is 14.8 Å². The molecule has 8 nitrogen and oxygen atoms in total. The Balaban J connectivity index is 1.61. The predicted molar refractivity (Wildman–Crippen MR) is 115 cm³/mol. The van der Waals surface area contributed by atoms with Gasteiger partial charge in [0.25, 0.3) is 0 Å². The van der Waals surface area contributed by atoms with E-state index in [1.807, 2.05) is 0 Å². The highest BCUT2D eigenvalue weighted by Gasteiger charge is 2.34. The second-order valence-corrected chi connectivity index (χ2v) is 9.17. The van der Waals surface area contributed by atoms with Crippen LogP contribution in [0.1, 0.15) is 30.1 Å². The van der Waals surface area contributed by atoms with Crippen LogP contribution < -0.4 is 10.1 Å². The zero-order valence-corrected chi connectivity index (χ0v) is 18.7. The van der Waals surface area contributed by atoms with Crippen molar-refractivity contribution in [1.29, 1.82) is 0 Å². The molecule has 0 spiro atoms. The molecule has 0 atom stereocenters. The van der Waals surface area contributed by atoms with Crippen molar-refractivity contribution in [2.45, 2.75) is 24.7 Å². The third kappa shape index (κ3) is 5.25. The second kappa shape index (κ2) is 10.1. The van der Waals surface area contributed by atoms with Crippen molar-refractivity contribution in [1.82, 2.24) is 4.31 Å². The molecular weight excluding hydrogens is 439 g/mol. The first-order valence-electron chi connectivity index (χ1n) is 10.2. The second-order valence-electron chi connectivity index (χ2n) is 7.26. The normalized spacial score (nSPS) is 15.2. The first-order chi connectivity index (χ1) is 15.3. The summed E-state index contributed by atoms with van der Waals surface area (Å²) in [4.78, 5) is 24.1. The van der Waals surface area contributed by atoms with Gasteiger partial charge in [-0.1, -0.05) is 0 Å². The van der Waals surface area contributed by atoms with Gasteiger partial charge in [-0.05, 0) is 62.2 Å². The molecule has 1 aliphatic rings. The maximum Gasteiger partial charge on any atom is 0.338 e. The van der Waals surface area contributed by atoms with Crippen LogP contribution in [-0.2, 0) is 19.6 Å². The first-order valence-corrected chi connectivity index (χ1v) is 11.6. The van der Waals surface area contributed by atoms with E-state index < -0.39 is 21.8 Å². The molecule has 1 N–H and O–H groups in total. The summed E-state index contributed by atoms with van der Waals surface area (Å²) in [5.41, 5.74) is 0.915. The lowest BCUT2D eigenvalue weighted by molar-refractivity contribution is -0.120. The molecule has 1 heterocycles. The van der Waals surface area contributed by atoms with Gasteiger partial charge in [0.1, 0.15) is 16.5 Å². The molecule has 0 unspecified atom stereocenters. The summed E-state index contributed by atoms with van der Waals surface area (Å²) < 4.78 is 50.8. The predicted octanol–water partition coefficient (Wildman–Crippen LogP) is 3.05. The van der Waals surface area contributed by atoms with Gasteiger partial charge in [-0.15, -0.1) is 0 Å². The summed E-state index contributed by atoms with van der Waals surface area (Å²) >= 11 is 0. The zero-order valence-electron chi connectivity index (χ0n) is 17.8. The largest absolute Gasteiger partial charge is 0.495 e. The number of hydrogen-bond donors (Lipinski definition) is 1. The SMILES string of the molecule is CCOC(=O)c1ccc(NC(=O)C2CCN(S(=O)(=O)c3cc(F)ccc3OC)CC2)cc1. The lowest BCUT2D eigenvalue weighted by Gasteiger charge is -2.30. The average molecular weight is 465 g/mol. The van der Waals surface area contributed by atoms with E-state index in [1.54, 1.807) is 31.2 Å². The number of nitrogens with zero attached hydrogens (tertiary/aromatic N) is 1. The number of amides is 1. The number of hydrogen-bond acceptors (Lipinski definition) is 6. The van der Waals surface area contributed by atoms with Crippen LogP contribution in [0, 0.1) is 11.7 Å². The molecule has 1 aliphatic heterocycles. The van der Waals surface area contributed by atoms with Crippen LogP contribution >= 0.6 is 0 Å². The zero-order chi connectivity index (χ0) is 23.3. The third-order valence-corrected chi connectivity index (χ3v) is 7.15. The molecule has 0 aliphatic carbocycles. The van der Waals surface area contributed by atoms with Crippen molar-refractivity contribution in [3.63, 3.8) is 0 Å². The summed E-state index contributed by atoms with van der Waals surface area (Å²) in [5, 5.41) is 2.79. The van der Waals surface area contributed by atoms with Crippen LogP contribution in [0.5, 0.6) is 5.75 Å². The van der Waals surface area contributed by atoms with E-state index in [9.17, 15) is 22.4 Å². The number of rotatable bonds is 7. The molecule has 0 saturated carbocycles. The molecule has 3 rings (SSSR count). The Hall–Kier alpha value is -2.98. The number of benzene rings is 2. The van der Waals surface area contributed by atoms with E-state index in [0.717, 1.165) is 12.1 Å². The lowest BCUT2D eigenvalue weighted by atomic mass is 9.97. The summed E-state index contributed by atoms with van der Waals surface area (Å²) in [6.45, 7) is 2.25. The molecule has 172 valence electrons. The monoisotopic (exact) mass is 464 g/mol. The minimum absolute atomic E-state index is 0.0672. The Kier molecular flexibility index (Phi) is 7.47. The molecule has 1 saturated heterocycles. The Morgan fingerprint density at radius 3 is 2.38 bits per heavy atom. The molecule has 10 heteroatoms. The number of nitrogens with one attached hydrogen (secondary N) is 1. The quantitative estimate of drug-likeness (QED) is 0.632. The van der Waals surface area contributed by atoms with Crippen LogP contribution in [0.15, 0.2) is 47.4 Å². The molecule has 1 amide bonds. The molecule has 32 heavy (non-hydrogen) atoms. The van der Waals surface area contributed by atoms with Gasteiger partial charge in [0.2, 0.25) is 15.9 Å². The Morgan fingerprint density at radius 2 is 1.78 bits per heavy atom. The average Bonchev–Trinajstić information content (AvgIpc) is 2.79. The van der Waals surface area contributed by atoms with Crippen molar-refractivity contribution < 1.29 is 31.9 Å². The van der Waals surface area contributed by atoms with Crippen LogP contribution in [0.2, 0.25) is 0 Å². The van der Waals surface area contributed by atoms with Crippen molar-refractivity contribution in [3.8, 4) is 5.75 Å². The summed E-state index contributed by atoms with van der Waals surface area (Å²) in [7, 11) is -2.64. The van der Waals surface area contributed by atoms with Gasteiger partial charge >= 0.3 is 5.97 Å². The number of methoxy groups -OCH3 is 1. The smallest absolute Gasteiger partial charge is 0.338 e. The van der Waals surface area contributed by atoms with Gasteiger partial charge in [-0.25, -0.2) is 17.6 Å². The van der Waals surface area contributed by atoms with E-state index in [1.165, 1.54) is 17.5 Å². The number of halogens is 1. The van der Waals surface area contributed by atoms with Crippen LogP contribution in [0.4, 0.5) is 10.1 Å². The van der Waals surface area contributed by atoms with E-state index in [2.05, 4.69) is 5.32 Å². The Morgan fingerprint density at radius 1 is 1.12 bits per heavy atom. The standard InChI is InChI=1S/C22H25FN2O6S/c1-3-31-22(27)16-4-7-18(8-5-16)24-21(26)15-10-12-25(13-11-15)32(28,29)20-14-17(23)6-9-19(20)30-2/h4-9,14-15H,3,10-13H2,1-2H3,(H,24,26). The molecule has 2 aromatic carbocycles.